The van der Waals surface area contributed by atoms with Crippen molar-refractivity contribution in [1.82, 2.24) is 4.90 Å². The van der Waals surface area contributed by atoms with E-state index in [-0.39, 0.29) is 5.91 Å². The number of anilines is 2. The number of carbonyl (C=O) groups is 1. The van der Waals surface area contributed by atoms with Crippen molar-refractivity contribution in [2.75, 3.05) is 48.7 Å². The molecular formula is C19H24ClN3OS2. The third-order valence-corrected chi connectivity index (χ3v) is 6.84. The number of halogens is 1. The molecule has 26 heavy (non-hydrogen) atoms. The van der Waals surface area contributed by atoms with E-state index >= 15 is 0 Å². The van der Waals surface area contributed by atoms with Crippen LogP contribution in [0.25, 0.3) is 0 Å². The number of para-hydroxylation sites is 2. The predicted molar refractivity (Wildman–Crippen MR) is 115 cm³/mol. The predicted octanol–water partition coefficient (Wildman–Crippen LogP) is 4.42. The Labute approximate surface area is 168 Å². The highest BCUT2D eigenvalue weighted by molar-refractivity contribution is 7.99. The van der Waals surface area contributed by atoms with E-state index in [2.05, 4.69) is 28.1 Å². The van der Waals surface area contributed by atoms with E-state index in [4.69, 9.17) is 11.6 Å². The minimum atomic E-state index is 0.0392. The summed E-state index contributed by atoms with van der Waals surface area (Å²) in [5.74, 6) is 1.29. The van der Waals surface area contributed by atoms with Gasteiger partial charge in [0.25, 0.3) is 0 Å². The number of nitrogens with one attached hydrogen (secondary N) is 1. The van der Waals surface area contributed by atoms with E-state index in [0.717, 1.165) is 54.2 Å². The second-order valence-electron chi connectivity index (χ2n) is 6.19. The number of piperazine rings is 1. The molecular weight excluding hydrogens is 386 g/mol. The zero-order valence-electron chi connectivity index (χ0n) is 14.9. The quantitative estimate of drug-likeness (QED) is 0.734. The Morgan fingerprint density at radius 1 is 1.19 bits per heavy atom. The normalized spacial score (nSPS) is 15.2. The average Bonchev–Trinajstić information content (AvgIpc) is 3.07. The molecule has 1 amide bonds. The van der Waals surface area contributed by atoms with Crippen LogP contribution in [0.2, 0.25) is 4.34 Å². The number of carbonyl (C=O) groups excluding carboxylic acids is 1. The number of rotatable bonds is 7. The second kappa shape index (κ2) is 9.65. The summed E-state index contributed by atoms with van der Waals surface area (Å²) in [7, 11) is 0. The van der Waals surface area contributed by atoms with Gasteiger partial charge in [-0.1, -0.05) is 30.7 Å². The Morgan fingerprint density at radius 2 is 1.96 bits per heavy atom. The molecule has 1 aromatic heterocycles. The van der Waals surface area contributed by atoms with Gasteiger partial charge in [-0.3, -0.25) is 4.79 Å². The van der Waals surface area contributed by atoms with Gasteiger partial charge < -0.3 is 15.1 Å². The molecule has 1 N–H and O–H groups in total. The van der Waals surface area contributed by atoms with E-state index in [9.17, 15) is 4.79 Å². The fourth-order valence-electron chi connectivity index (χ4n) is 3.02. The number of likely N-dealkylation sites (N-methyl/N-ethyl adjacent to an activating group) is 1. The molecule has 0 aliphatic carbocycles. The summed E-state index contributed by atoms with van der Waals surface area (Å²) >= 11 is 9.12. The van der Waals surface area contributed by atoms with Crippen LogP contribution in [0.15, 0.2) is 36.4 Å². The van der Waals surface area contributed by atoms with Crippen molar-refractivity contribution < 1.29 is 4.79 Å². The van der Waals surface area contributed by atoms with Gasteiger partial charge in [0.1, 0.15) is 0 Å². The van der Waals surface area contributed by atoms with E-state index in [0.29, 0.717) is 5.75 Å². The van der Waals surface area contributed by atoms with Gasteiger partial charge in [-0.2, -0.15) is 0 Å². The van der Waals surface area contributed by atoms with Crippen LogP contribution >= 0.6 is 34.7 Å². The molecule has 7 heteroatoms. The smallest absolute Gasteiger partial charge is 0.234 e. The number of hydrogen-bond donors (Lipinski definition) is 1. The maximum Gasteiger partial charge on any atom is 0.234 e. The highest BCUT2D eigenvalue weighted by Gasteiger charge is 2.18. The summed E-state index contributed by atoms with van der Waals surface area (Å²) in [6, 6.07) is 12.0. The number of amides is 1. The SMILES string of the molecule is CCN1CCN(c2ccccc2NC(=O)CSCc2ccc(Cl)s2)CC1. The van der Waals surface area contributed by atoms with Gasteiger partial charge in [-0.25, -0.2) is 0 Å². The van der Waals surface area contributed by atoms with E-state index in [1.807, 2.05) is 30.3 Å². The van der Waals surface area contributed by atoms with Crippen LogP contribution in [0.3, 0.4) is 0 Å². The molecule has 0 bridgehead atoms. The third-order valence-electron chi connectivity index (χ3n) is 4.44. The molecule has 2 aromatic rings. The molecule has 140 valence electrons. The Bertz CT molecular complexity index is 729. The van der Waals surface area contributed by atoms with Crippen molar-refractivity contribution >= 4 is 52.0 Å². The van der Waals surface area contributed by atoms with Crippen LogP contribution in [0.5, 0.6) is 0 Å². The number of thioether (sulfide) groups is 1. The minimum absolute atomic E-state index is 0.0392. The molecule has 4 nitrogen and oxygen atoms in total. The fraction of sp³-hybridized carbons (Fsp3) is 0.421. The van der Waals surface area contributed by atoms with Gasteiger partial charge >= 0.3 is 0 Å². The summed E-state index contributed by atoms with van der Waals surface area (Å²) in [5, 5.41) is 3.09. The lowest BCUT2D eigenvalue weighted by Crippen LogP contribution is -2.46. The standard InChI is InChI=1S/C19H24ClN3OS2/c1-2-22-9-11-23(12-10-22)17-6-4-3-5-16(17)21-19(24)14-25-13-15-7-8-18(20)26-15/h3-8H,2,9-14H2,1H3,(H,21,24). The zero-order chi connectivity index (χ0) is 18.4. The van der Waals surface area contributed by atoms with Crippen molar-refractivity contribution in [2.45, 2.75) is 12.7 Å². The molecule has 1 aliphatic heterocycles. The summed E-state index contributed by atoms with van der Waals surface area (Å²) in [5.41, 5.74) is 2.02. The first-order valence-electron chi connectivity index (χ1n) is 8.84. The monoisotopic (exact) mass is 409 g/mol. The van der Waals surface area contributed by atoms with Gasteiger partial charge in [-0.05, 0) is 30.8 Å². The van der Waals surface area contributed by atoms with E-state index in [1.54, 1.807) is 23.1 Å². The Hall–Kier alpha value is -1.21. The molecule has 1 fully saturated rings. The molecule has 0 radical (unpaired) electrons. The summed E-state index contributed by atoms with van der Waals surface area (Å²) in [4.78, 5) is 18.4. The summed E-state index contributed by atoms with van der Waals surface area (Å²) < 4.78 is 0.794. The Morgan fingerprint density at radius 3 is 2.65 bits per heavy atom. The third kappa shape index (κ3) is 5.39. The topological polar surface area (TPSA) is 35.6 Å². The summed E-state index contributed by atoms with van der Waals surface area (Å²) in [6.45, 7) is 7.42. The molecule has 2 heterocycles. The average molecular weight is 410 g/mol. The maximum atomic E-state index is 12.4. The van der Waals surface area contributed by atoms with Gasteiger partial charge in [0.05, 0.1) is 21.5 Å². The molecule has 0 unspecified atom stereocenters. The highest BCUT2D eigenvalue weighted by Crippen LogP contribution is 2.28. The molecule has 3 rings (SSSR count). The largest absolute Gasteiger partial charge is 0.367 e. The highest BCUT2D eigenvalue weighted by atomic mass is 35.5. The number of benzene rings is 1. The van der Waals surface area contributed by atoms with Crippen molar-refractivity contribution in [1.29, 1.82) is 0 Å². The lowest BCUT2D eigenvalue weighted by atomic mass is 10.2. The lowest BCUT2D eigenvalue weighted by Gasteiger charge is -2.36. The van der Waals surface area contributed by atoms with Gasteiger partial charge in [-0.15, -0.1) is 23.1 Å². The maximum absolute atomic E-state index is 12.4. The van der Waals surface area contributed by atoms with Gasteiger partial charge in [0.15, 0.2) is 0 Å². The van der Waals surface area contributed by atoms with Crippen LogP contribution in [-0.2, 0) is 10.5 Å². The molecule has 0 spiro atoms. The number of hydrogen-bond acceptors (Lipinski definition) is 5. The molecule has 1 aromatic carbocycles. The molecule has 1 saturated heterocycles. The second-order valence-corrected chi connectivity index (χ2v) is 8.97. The van der Waals surface area contributed by atoms with E-state index < -0.39 is 0 Å². The fourth-order valence-corrected chi connectivity index (χ4v) is 5.05. The zero-order valence-corrected chi connectivity index (χ0v) is 17.3. The van der Waals surface area contributed by atoms with Crippen LogP contribution in [0, 0.1) is 0 Å². The first-order valence-corrected chi connectivity index (χ1v) is 11.2. The van der Waals surface area contributed by atoms with Gasteiger partial charge in [0, 0.05) is 36.8 Å². The van der Waals surface area contributed by atoms with Gasteiger partial charge in [0.2, 0.25) is 5.91 Å². The van der Waals surface area contributed by atoms with E-state index in [1.165, 1.54) is 4.88 Å². The van der Waals surface area contributed by atoms with Crippen molar-refractivity contribution in [3.63, 3.8) is 0 Å². The van der Waals surface area contributed by atoms with Crippen molar-refractivity contribution in [3.8, 4) is 0 Å². The molecule has 1 aliphatic rings. The lowest BCUT2D eigenvalue weighted by molar-refractivity contribution is -0.113. The first-order chi connectivity index (χ1) is 12.7. The minimum Gasteiger partial charge on any atom is -0.367 e. The number of nitrogens with zero attached hydrogens (tertiary/aromatic N) is 2. The summed E-state index contributed by atoms with van der Waals surface area (Å²) in [6.07, 6.45) is 0. The van der Waals surface area contributed by atoms with Crippen LogP contribution in [-0.4, -0.2) is 49.3 Å². The first kappa shape index (κ1) is 19.5. The van der Waals surface area contributed by atoms with Crippen LogP contribution in [0.4, 0.5) is 11.4 Å². The molecule has 0 saturated carbocycles. The number of thiophene rings is 1. The van der Waals surface area contributed by atoms with Crippen molar-refractivity contribution in [2.24, 2.45) is 0 Å². The van der Waals surface area contributed by atoms with Crippen molar-refractivity contribution in [3.05, 3.63) is 45.6 Å². The van der Waals surface area contributed by atoms with Crippen LogP contribution in [0.1, 0.15) is 11.8 Å². The Kier molecular flexibility index (Phi) is 7.25. The Balaban J connectivity index is 1.53. The molecule has 0 atom stereocenters. The van der Waals surface area contributed by atoms with Crippen LogP contribution < -0.4 is 10.2 Å².